The smallest absolute Gasteiger partial charge is 0.330 e. The van der Waals surface area contributed by atoms with E-state index >= 15 is 0 Å². The van der Waals surface area contributed by atoms with Gasteiger partial charge in [0.25, 0.3) is 0 Å². The van der Waals surface area contributed by atoms with Crippen molar-refractivity contribution in [1.82, 2.24) is 0 Å². The molecule has 188 valence electrons. The van der Waals surface area contributed by atoms with Gasteiger partial charge in [-0.25, -0.2) is 4.79 Å². The van der Waals surface area contributed by atoms with E-state index < -0.39 is 8.32 Å². The maximum atomic E-state index is 12.2. The second-order valence-electron chi connectivity index (χ2n) is 12.7. The largest absolute Gasteiger partial charge is 0.543 e. The van der Waals surface area contributed by atoms with Gasteiger partial charge in [0.05, 0.1) is 6.61 Å². The number of hydrogen-bond acceptors (Lipinski definition) is 3. The fourth-order valence-electron chi connectivity index (χ4n) is 6.86. The molecule has 1 aromatic carbocycles. The van der Waals surface area contributed by atoms with Crippen molar-refractivity contribution in [3.63, 3.8) is 0 Å². The zero-order valence-corrected chi connectivity index (χ0v) is 23.8. The van der Waals surface area contributed by atoms with E-state index in [1.165, 1.54) is 42.4 Å². The van der Waals surface area contributed by atoms with Crippen molar-refractivity contribution < 1.29 is 14.0 Å². The van der Waals surface area contributed by atoms with Crippen molar-refractivity contribution in [2.45, 2.75) is 111 Å². The molecule has 0 spiro atoms. The topological polar surface area (TPSA) is 35.5 Å². The highest BCUT2D eigenvalue weighted by molar-refractivity contribution is 6.74. The molecule has 3 aliphatic carbocycles. The third-order valence-electron chi connectivity index (χ3n) is 9.88. The highest BCUT2D eigenvalue weighted by Crippen LogP contribution is 2.63. The zero-order chi connectivity index (χ0) is 24.9. The first-order valence-corrected chi connectivity index (χ1v) is 16.5. The highest BCUT2D eigenvalue weighted by atomic mass is 28.4. The van der Waals surface area contributed by atoms with Gasteiger partial charge in [-0.1, -0.05) is 46.3 Å². The van der Waals surface area contributed by atoms with Crippen LogP contribution in [-0.4, -0.2) is 20.9 Å². The van der Waals surface area contributed by atoms with Crippen LogP contribution in [0.4, 0.5) is 0 Å². The van der Waals surface area contributed by atoms with E-state index in [9.17, 15) is 4.79 Å². The summed E-state index contributed by atoms with van der Waals surface area (Å²) in [5.74, 6) is 3.03. The van der Waals surface area contributed by atoms with Crippen LogP contribution in [0.15, 0.2) is 23.8 Å². The van der Waals surface area contributed by atoms with Crippen LogP contribution in [0.1, 0.15) is 96.3 Å². The summed E-state index contributed by atoms with van der Waals surface area (Å²) < 4.78 is 12.1. The lowest BCUT2D eigenvalue weighted by atomic mass is 9.55. The summed E-state index contributed by atoms with van der Waals surface area (Å²) in [5.41, 5.74) is 6.00. The number of esters is 1. The Hall–Kier alpha value is -1.55. The Labute approximate surface area is 208 Å². The number of aryl methyl sites for hydroxylation is 2. The van der Waals surface area contributed by atoms with Crippen LogP contribution in [0, 0.1) is 17.3 Å². The Balaban J connectivity index is 1.62. The van der Waals surface area contributed by atoms with Crippen LogP contribution in [0.2, 0.25) is 18.1 Å². The van der Waals surface area contributed by atoms with Gasteiger partial charge in [-0.15, -0.1) is 0 Å². The summed E-state index contributed by atoms with van der Waals surface area (Å²) in [5, 5.41) is 0.198. The lowest BCUT2D eigenvalue weighted by Crippen LogP contribution is -2.44. The summed E-state index contributed by atoms with van der Waals surface area (Å²) in [6.45, 7) is 18.7. The van der Waals surface area contributed by atoms with Crippen molar-refractivity contribution in [3.8, 4) is 5.75 Å². The van der Waals surface area contributed by atoms with Crippen molar-refractivity contribution in [2.75, 3.05) is 6.61 Å². The summed E-state index contributed by atoms with van der Waals surface area (Å²) >= 11 is 0. The molecule has 0 bridgehead atoms. The molecule has 0 N–H and O–H groups in total. The molecule has 3 nitrogen and oxygen atoms in total. The second-order valence-corrected chi connectivity index (χ2v) is 17.4. The molecule has 4 atom stereocenters. The number of ether oxygens (including phenoxy) is 1. The van der Waals surface area contributed by atoms with Gasteiger partial charge in [0, 0.05) is 6.08 Å². The lowest BCUT2D eigenvalue weighted by Gasteiger charge is -2.50. The third-order valence-corrected chi connectivity index (χ3v) is 14.2. The van der Waals surface area contributed by atoms with Crippen molar-refractivity contribution in [3.05, 3.63) is 40.5 Å². The Morgan fingerprint density at radius 2 is 1.88 bits per heavy atom. The van der Waals surface area contributed by atoms with Gasteiger partial charge in [-0.2, -0.15) is 0 Å². The summed E-state index contributed by atoms with van der Waals surface area (Å²) in [6.07, 6.45) is 9.92. The Bertz CT molecular complexity index is 970. The summed E-state index contributed by atoms with van der Waals surface area (Å²) in [7, 11) is -1.87. The first-order valence-electron chi connectivity index (χ1n) is 13.6. The second kappa shape index (κ2) is 9.15. The Kier molecular flexibility index (Phi) is 6.87. The third kappa shape index (κ3) is 4.40. The van der Waals surface area contributed by atoms with E-state index in [1.54, 1.807) is 5.56 Å². The van der Waals surface area contributed by atoms with Crippen LogP contribution < -0.4 is 4.43 Å². The Morgan fingerprint density at radius 3 is 2.53 bits per heavy atom. The standard InChI is InChI=1S/C30H46O3Si/c1-9-20-17-25-21(18-27(20)33-34(7,8)29(3,4)5)11-13-24-23(25)15-16-30(6)22(12-14-26(24)30)19-28(31)32-10-2/h17-19,23-24,26H,9-16H2,1-8H3/b22-19+. The van der Waals surface area contributed by atoms with Gasteiger partial charge in [-0.3, -0.25) is 0 Å². The monoisotopic (exact) mass is 482 g/mol. The van der Waals surface area contributed by atoms with Crippen LogP contribution in [0.5, 0.6) is 5.75 Å². The lowest BCUT2D eigenvalue weighted by molar-refractivity contribution is -0.137. The van der Waals surface area contributed by atoms with E-state index in [4.69, 9.17) is 9.16 Å². The van der Waals surface area contributed by atoms with E-state index in [2.05, 4.69) is 59.8 Å². The molecule has 2 fully saturated rings. The van der Waals surface area contributed by atoms with Crippen LogP contribution in [0.3, 0.4) is 0 Å². The fraction of sp³-hybridized carbons (Fsp3) is 0.700. The van der Waals surface area contributed by atoms with Crippen LogP contribution >= 0.6 is 0 Å². The van der Waals surface area contributed by atoms with E-state index in [0.29, 0.717) is 18.4 Å². The van der Waals surface area contributed by atoms with Crippen molar-refractivity contribution in [2.24, 2.45) is 17.3 Å². The first kappa shape index (κ1) is 25.5. The predicted octanol–water partition coefficient (Wildman–Crippen LogP) is 7.98. The van der Waals surface area contributed by atoms with Crippen molar-refractivity contribution >= 4 is 14.3 Å². The summed E-state index contributed by atoms with van der Waals surface area (Å²) in [6, 6.07) is 4.93. The molecule has 34 heavy (non-hydrogen) atoms. The van der Waals surface area contributed by atoms with Crippen LogP contribution in [-0.2, 0) is 22.4 Å². The van der Waals surface area contributed by atoms with Gasteiger partial charge >= 0.3 is 5.97 Å². The molecule has 3 aliphatic rings. The molecule has 0 radical (unpaired) electrons. The number of carbonyl (C=O) groups excluding carboxylic acids is 1. The normalized spacial score (nSPS) is 29.9. The number of hydrogen-bond donors (Lipinski definition) is 0. The molecule has 1 aromatic rings. The van der Waals surface area contributed by atoms with Gasteiger partial charge in [0.1, 0.15) is 5.75 Å². The summed E-state index contributed by atoms with van der Waals surface area (Å²) in [4.78, 5) is 12.2. The maximum absolute atomic E-state index is 12.2. The Morgan fingerprint density at radius 1 is 1.15 bits per heavy atom. The fourth-order valence-corrected chi connectivity index (χ4v) is 7.90. The average Bonchev–Trinajstić information content (AvgIpc) is 3.08. The minimum absolute atomic E-state index is 0.155. The number of carbonyl (C=O) groups is 1. The van der Waals surface area contributed by atoms with Crippen LogP contribution in [0.25, 0.3) is 0 Å². The zero-order valence-electron chi connectivity index (χ0n) is 22.8. The number of rotatable bonds is 5. The average molecular weight is 483 g/mol. The minimum atomic E-state index is -1.87. The molecule has 0 heterocycles. The molecule has 0 aliphatic heterocycles. The molecule has 4 unspecified atom stereocenters. The van der Waals surface area contributed by atoms with Gasteiger partial charge in [-0.05, 0) is 116 Å². The molecule has 4 heteroatoms. The van der Waals surface area contributed by atoms with Gasteiger partial charge in [0.2, 0.25) is 8.32 Å². The van der Waals surface area contributed by atoms with E-state index in [0.717, 1.165) is 30.9 Å². The maximum Gasteiger partial charge on any atom is 0.330 e. The van der Waals surface area contributed by atoms with E-state index in [1.807, 2.05) is 13.0 Å². The minimum Gasteiger partial charge on any atom is -0.543 e. The first-order chi connectivity index (χ1) is 15.9. The molecule has 0 amide bonds. The number of allylic oxidation sites excluding steroid dienone is 1. The number of benzene rings is 1. The van der Waals surface area contributed by atoms with E-state index in [-0.39, 0.29) is 16.4 Å². The predicted molar refractivity (Wildman–Crippen MR) is 143 cm³/mol. The highest BCUT2D eigenvalue weighted by Gasteiger charge is 2.52. The quantitative estimate of drug-likeness (QED) is 0.242. The SMILES string of the molecule is CCOC(=O)/C=C1\CCC2C3CCc4cc(O[Si](C)(C)C(C)(C)C)c(CC)cc4C3CCC12C. The molecule has 0 saturated heterocycles. The molecular formula is C30H46O3Si. The van der Waals surface area contributed by atoms with Gasteiger partial charge in [0.15, 0.2) is 0 Å². The molecule has 2 saturated carbocycles. The molecule has 0 aromatic heterocycles. The number of fused-ring (bicyclic) bond motifs is 5. The van der Waals surface area contributed by atoms with Crippen molar-refractivity contribution in [1.29, 1.82) is 0 Å². The van der Waals surface area contributed by atoms with Gasteiger partial charge < -0.3 is 9.16 Å². The molecule has 4 rings (SSSR count). The molecular weight excluding hydrogens is 436 g/mol.